The van der Waals surface area contributed by atoms with Crippen LogP contribution in [-0.2, 0) is 19.3 Å². The number of fused-ring (bicyclic) bond motifs is 2. The SMILES string of the molecule is CCc1cccc2c(CCNC(=NC)NCCCc3nnc4ccccn34)c[nH]c12.I. The first kappa shape index (κ1) is 23.1. The van der Waals surface area contributed by atoms with Gasteiger partial charge in [0.15, 0.2) is 11.6 Å². The summed E-state index contributed by atoms with van der Waals surface area (Å²) in [7, 11) is 1.81. The third-order valence-corrected chi connectivity index (χ3v) is 5.43. The second-order valence-corrected chi connectivity index (χ2v) is 7.33. The van der Waals surface area contributed by atoms with Crippen molar-refractivity contribution in [2.24, 2.45) is 4.99 Å². The van der Waals surface area contributed by atoms with Gasteiger partial charge in [0.25, 0.3) is 0 Å². The molecule has 8 heteroatoms. The third kappa shape index (κ3) is 5.36. The molecule has 0 amide bonds. The minimum absolute atomic E-state index is 0. The van der Waals surface area contributed by atoms with Gasteiger partial charge in [-0.2, -0.15) is 0 Å². The van der Waals surface area contributed by atoms with Crippen molar-refractivity contribution in [1.82, 2.24) is 30.2 Å². The first-order chi connectivity index (χ1) is 14.8. The average Bonchev–Trinajstić information content (AvgIpc) is 3.39. The Labute approximate surface area is 199 Å². The van der Waals surface area contributed by atoms with Gasteiger partial charge in [-0.25, -0.2) is 0 Å². The van der Waals surface area contributed by atoms with Gasteiger partial charge in [0.05, 0.1) is 0 Å². The molecule has 3 N–H and O–H groups in total. The molecule has 7 nitrogen and oxygen atoms in total. The van der Waals surface area contributed by atoms with Crippen LogP contribution in [0.1, 0.15) is 30.3 Å². The fourth-order valence-corrected chi connectivity index (χ4v) is 3.83. The van der Waals surface area contributed by atoms with Crippen LogP contribution < -0.4 is 10.6 Å². The number of aliphatic imine (C=N–C) groups is 1. The minimum Gasteiger partial charge on any atom is -0.361 e. The smallest absolute Gasteiger partial charge is 0.190 e. The minimum atomic E-state index is 0. The van der Waals surface area contributed by atoms with E-state index in [2.05, 4.69) is 62.1 Å². The molecule has 0 spiro atoms. The number of para-hydroxylation sites is 1. The third-order valence-electron chi connectivity index (χ3n) is 5.43. The molecule has 0 aliphatic heterocycles. The lowest BCUT2D eigenvalue weighted by Crippen LogP contribution is -2.38. The molecule has 31 heavy (non-hydrogen) atoms. The van der Waals surface area contributed by atoms with Crippen LogP contribution in [0, 0.1) is 0 Å². The number of H-pyrrole nitrogens is 1. The van der Waals surface area contributed by atoms with Crippen molar-refractivity contribution in [2.75, 3.05) is 20.1 Å². The maximum Gasteiger partial charge on any atom is 0.190 e. The summed E-state index contributed by atoms with van der Waals surface area (Å²) in [5.74, 6) is 1.82. The van der Waals surface area contributed by atoms with Gasteiger partial charge in [-0.3, -0.25) is 9.39 Å². The summed E-state index contributed by atoms with van der Waals surface area (Å²) in [6, 6.07) is 12.5. The van der Waals surface area contributed by atoms with Crippen LogP contribution in [0.2, 0.25) is 0 Å². The van der Waals surface area contributed by atoms with Gasteiger partial charge in [0, 0.05) is 49.9 Å². The number of nitrogens with one attached hydrogen (secondary N) is 3. The number of halogens is 1. The average molecular weight is 531 g/mol. The van der Waals surface area contributed by atoms with Crippen molar-refractivity contribution in [3.8, 4) is 0 Å². The monoisotopic (exact) mass is 531 g/mol. The maximum absolute atomic E-state index is 4.33. The number of hydrogen-bond acceptors (Lipinski definition) is 3. The maximum atomic E-state index is 4.33. The van der Waals surface area contributed by atoms with E-state index < -0.39 is 0 Å². The second-order valence-electron chi connectivity index (χ2n) is 7.33. The number of benzene rings is 1. The highest BCUT2D eigenvalue weighted by Gasteiger charge is 2.07. The molecule has 0 saturated heterocycles. The van der Waals surface area contributed by atoms with E-state index in [-0.39, 0.29) is 24.0 Å². The zero-order valence-corrected chi connectivity index (χ0v) is 20.4. The topological polar surface area (TPSA) is 82.4 Å². The number of aromatic nitrogens is 4. The number of rotatable bonds is 8. The Morgan fingerprint density at radius 3 is 2.74 bits per heavy atom. The van der Waals surface area contributed by atoms with E-state index in [1.54, 1.807) is 7.05 Å². The van der Waals surface area contributed by atoms with Crippen molar-refractivity contribution >= 4 is 46.5 Å². The van der Waals surface area contributed by atoms with Gasteiger partial charge in [-0.15, -0.1) is 34.2 Å². The molecule has 0 aliphatic rings. The molecule has 0 fully saturated rings. The fourth-order valence-electron chi connectivity index (χ4n) is 3.83. The summed E-state index contributed by atoms with van der Waals surface area (Å²) in [4.78, 5) is 7.78. The molecule has 0 unspecified atom stereocenters. The molecule has 164 valence electrons. The second kappa shape index (κ2) is 11.1. The first-order valence-electron chi connectivity index (χ1n) is 10.6. The number of hydrogen-bond donors (Lipinski definition) is 3. The molecule has 3 aromatic heterocycles. The van der Waals surface area contributed by atoms with Crippen LogP contribution in [0.3, 0.4) is 0 Å². The molecule has 1 aromatic carbocycles. The quantitative estimate of drug-likeness (QED) is 0.140. The zero-order valence-electron chi connectivity index (χ0n) is 18.1. The highest BCUT2D eigenvalue weighted by atomic mass is 127. The van der Waals surface area contributed by atoms with E-state index in [4.69, 9.17) is 0 Å². The van der Waals surface area contributed by atoms with Crippen molar-refractivity contribution in [1.29, 1.82) is 0 Å². The van der Waals surface area contributed by atoms with E-state index in [0.717, 1.165) is 56.2 Å². The van der Waals surface area contributed by atoms with Crippen molar-refractivity contribution in [3.05, 3.63) is 65.7 Å². The van der Waals surface area contributed by atoms with E-state index in [0.29, 0.717) is 0 Å². The predicted octanol–water partition coefficient (Wildman–Crippen LogP) is 3.73. The van der Waals surface area contributed by atoms with Gasteiger partial charge in [-0.1, -0.05) is 31.2 Å². The van der Waals surface area contributed by atoms with Crippen LogP contribution >= 0.6 is 24.0 Å². The van der Waals surface area contributed by atoms with Gasteiger partial charge in [0.2, 0.25) is 0 Å². The number of guanidine groups is 1. The van der Waals surface area contributed by atoms with E-state index in [1.807, 2.05) is 28.8 Å². The predicted molar refractivity (Wildman–Crippen MR) is 137 cm³/mol. The lowest BCUT2D eigenvalue weighted by Gasteiger charge is -2.11. The molecule has 4 aromatic rings. The molecular formula is C23H30IN7. The Balaban J connectivity index is 0.00000272. The zero-order chi connectivity index (χ0) is 20.8. The van der Waals surface area contributed by atoms with Crippen molar-refractivity contribution in [3.63, 3.8) is 0 Å². The Kier molecular flexibility index (Phi) is 8.27. The van der Waals surface area contributed by atoms with Gasteiger partial charge in [0.1, 0.15) is 5.82 Å². The van der Waals surface area contributed by atoms with Crippen LogP contribution in [0.15, 0.2) is 53.8 Å². The van der Waals surface area contributed by atoms with Gasteiger partial charge in [-0.05, 0) is 42.5 Å². The molecule has 0 saturated carbocycles. The Morgan fingerprint density at radius 1 is 1.03 bits per heavy atom. The summed E-state index contributed by atoms with van der Waals surface area (Å²) < 4.78 is 2.04. The standard InChI is InChI=1S/C23H29N7.HI/c1-3-17-8-6-9-19-18(16-27-22(17)19)12-14-26-23(24-2)25-13-7-11-21-29-28-20-10-4-5-15-30(20)21;/h4-6,8-10,15-16,27H,3,7,11-14H2,1-2H3,(H2,24,25,26);1H. The fraction of sp³-hybridized carbons (Fsp3) is 0.348. The number of nitrogens with zero attached hydrogens (tertiary/aromatic N) is 4. The summed E-state index contributed by atoms with van der Waals surface area (Å²) in [5.41, 5.74) is 4.85. The van der Waals surface area contributed by atoms with Crippen LogP contribution in [0.4, 0.5) is 0 Å². The van der Waals surface area contributed by atoms with Crippen LogP contribution in [0.5, 0.6) is 0 Å². The molecule has 0 radical (unpaired) electrons. The summed E-state index contributed by atoms with van der Waals surface area (Å²) >= 11 is 0. The first-order valence-corrected chi connectivity index (χ1v) is 10.6. The van der Waals surface area contributed by atoms with E-state index in [1.165, 1.54) is 22.0 Å². The molecule has 0 aliphatic carbocycles. The lowest BCUT2D eigenvalue weighted by molar-refractivity contribution is 0.713. The van der Waals surface area contributed by atoms with Gasteiger partial charge < -0.3 is 15.6 Å². The summed E-state index contributed by atoms with van der Waals surface area (Å²) in [6.45, 7) is 3.85. The normalized spacial score (nSPS) is 11.6. The Bertz CT molecular complexity index is 1150. The van der Waals surface area contributed by atoms with Crippen LogP contribution in [-0.4, -0.2) is 45.7 Å². The van der Waals surface area contributed by atoms with Crippen molar-refractivity contribution < 1.29 is 0 Å². The number of aromatic amines is 1. The lowest BCUT2D eigenvalue weighted by atomic mass is 10.1. The van der Waals surface area contributed by atoms with Crippen molar-refractivity contribution in [2.45, 2.75) is 32.6 Å². The number of aryl methyl sites for hydroxylation is 2. The van der Waals surface area contributed by atoms with E-state index >= 15 is 0 Å². The molecule has 4 rings (SSSR count). The molecule has 3 heterocycles. The highest BCUT2D eigenvalue weighted by Crippen LogP contribution is 2.22. The molecular weight excluding hydrogens is 501 g/mol. The molecule has 0 bridgehead atoms. The number of pyridine rings is 1. The molecule has 0 atom stereocenters. The van der Waals surface area contributed by atoms with E-state index in [9.17, 15) is 0 Å². The summed E-state index contributed by atoms with van der Waals surface area (Å²) in [6.07, 6.45) is 7.94. The van der Waals surface area contributed by atoms with Crippen LogP contribution in [0.25, 0.3) is 16.6 Å². The highest BCUT2D eigenvalue weighted by molar-refractivity contribution is 14.0. The Morgan fingerprint density at radius 2 is 1.90 bits per heavy atom. The Hall–Kier alpha value is -2.62. The summed E-state index contributed by atoms with van der Waals surface area (Å²) in [5, 5.41) is 16.6. The van der Waals surface area contributed by atoms with Gasteiger partial charge >= 0.3 is 0 Å². The largest absolute Gasteiger partial charge is 0.361 e.